The van der Waals surface area contributed by atoms with Gasteiger partial charge >= 0.3 is 5.97 Å². The van der Waals surface area contributed by atoms with Crippen molar-refractivity contribution in [1.82, 2.24) is 9.80 Å². The fourth-order valence-corrected chi connectivity index (χ4v) is 1.09. The molecule has 0 unspecified atom stereocenters. The average Bonchev–Trinajstić information content (AvgIpc) is 2.29. The molecule has 0 bridgehead atoms. The van der Waals surface area contributed by atoms with E-state index in [1.54, 1.807) is 11.8 Å². The summed E-state index contributed by atoms with van der Waals surface area (Å²) in [7, 11) is 7.44. The standard InChI is InChI=1S/C7H14NO.C6H13NO2.C2H6N.2W/c1-4-5-7(9)6-8(2)3;1-4-9-6(8)5-7(2)3;1-2-3;;/h1,4-6H2,2-3H3;4-5H2,1-3H3;1-3H2;;/q-1;;-1;;. The maximum Gasteiger partial charge on any atom is 0.320 e. The molecule has 0 heterocycles. The number of carbonyl (C=O) groups is 2. The predicted molar refractivity (Wildman–Crippen MR) is 87.8 cm³/mol. The first-order chi connectivity index (χ1) is 9.74. The van der Waals surface area contributed by atoms with Gasteiger partial charge in [-0.3, -0.25) is 14.5 Å². The van der Waals surface area contributed by atoms with E-state index in [1.807, 2.05) is 33.1 Å². The second-order valence-electron chi connectivity index (χ2n) is 4.71. The van der Waals surface area contributed by atoms with Gasteiger partial charge in [-0.2, -0.15) is 6.42 Å². The van der Waals surface area contributed by atoms with Crippen LogP contribution in [0.1, 0.15) is 19.8 Å². The monoisotopic (exact) mass is 671 g/mol. The van der Waals surface area contributed by atoms with Crippen LogP contribution in [0.2, 0.25) is 0 Å². The van der Waals surface area contributed by atoms with E-state index in [9.17, 15) is 9.59 Å². The molecule has 0 atom stereocenters. The van der Waals surface area contributed by atoms with Crippen molar-refractivity contribution in [3.05, 3.63) is 13.8 Å². The van der Waals surface area contributed by atoms with Crippen molar-refractivity contribution in [2.24, 2.45) is 5.73 Å². The van der Waals surface area contributed by atoms with E-state index in [2.05, 4.69) is 18.6 Å². The van der Waals surface area contributed by atoms with Crippen molar-refractivity contribution in [3.63, 3.8) is 0 Å². The van der Waals surface area contributed by atoms with Crippen LogP contribution < -0.4 is 5.73 Å². The van der Waals surface area contributed by atoms with Crippen molar-refractivity contribution in [3.8, 4) is 0 Å². The molecule has 0 radical (unpaired) electrons. The molecule has 0 aromatic heterocycles. The molecule has 0 fully saturated rings. The van der Waals surface area contributed by atoms with Crippen LogP contribution in [0.25, 0.3) is 0 Å². The van der Waals surface area contributed by atoms with Gasteiger partial charge in [0.05, 0.1) is 19.7 Å². The fraction of sp³-hybridized carbons (Fsp3) is 0.733. The van der Waals surface area contributed by atoms with Crippen molar-refractivity contribution < 1.29 is 56.5 Å². The molecule has 6 nitrogen and oxygen atoms in total. The van der Waals surface area contributed by atoms with Crippen LogP contribution in [0.3, 0.4) is 0 Å². The van der Waals surface area contributed by atoms with Gasteiger partial charge in [-0.25, -0.2) is 0 Å². The molecule has 0 amide bonds. The minimum atomic E-state index is -0.164. The van der Waals surface area contributed by atoms with Gasteiger partial charge in [0.2, 0.25) is 0 Å². The molecule has 23 heavy (non-hydrogen) atoms. The number of carbonyl (C=O) groups excluding carboxylic acids is 2. The van der Waals surface area contributed by atoms with Gasteiger partial charge in [-0.15, -0.1) is 6.54 Å². The Morgan fingerprint density at radius 2 is 1.39 bits per heavy atom. The number of hydrogen-bond acceptors (Lipinski definition) is 6. The van der Waals surface area contributed by atoms with Gasteiger partial charge in [0.25, 0.3) is 0 Å². The molecule has 0 aromatic rings. The third-order valence-corrected chi connectivity index (χ3v) is 1.70. The van der Waals surface area contributed by atoms with Crippen LogP contribution >= 0.6 is 0 Å². The first-order valence-corrected chi connectivity index (χ1v) is 7.00. The van der Waals surface area contributed by atoms with Crippen LogP contribution in [0.15, 0.2) is 0 Å². The van der Waals surface area contributed by atoms with Crippen molar-refractivity contribution in [2.75, 3.05) is 54.4 Å². The Kier molecular flexibility index (Phi) is 41.1. The second kappa shape index (κ2) is 27.3. The quantitative estimate of drug-likeness (QED) is 0.317. The number of hydrogen-bond donors (Lipinski definition) is 1. The second-order valence-corrected chi connectivity index (χ2v) is 4.71. The number of nitrogens with zero attached hydrogens (tertiary/aromatic N) is 2. The normalized spacial score (nSPS) is 8.61. The summed E-state index contributed by atoms with van der Waals surface area (Å²) in [5.41, 5.74) is 4.74. The van der Waals surface area contributed by atoms with Gasteiger partial charge in [-0.05, 0) is 41.5 Å². The molecule has 0 saturated carbocycles. The third-order valence-electron chi connectivity index (χ3n) is 1.70. The molecule has 2 N–H and O–H groups in total. The van der Waals surface area contributed by atoms with Crippen LogP contribution in [-0.2, 0) is 56.5 Å². The van der Waals surface area contributed by atoms with Crippen LogP contribution in [0, 0.1) is 13.8 Å². The largest absolute Gasteiger partial charge is 0.465 e. The zero-order chi connectivity index (χ0) is 17.3. The number of nitrogens with two attached hydrogens (primary N) is 1. The summed E-state index contributed by atoms with van der Waals surface area (Å²) in [6.45, 7) is 10.5. The molecule has 8 heteroatoms. The molecule has 0 rings (SSSR count). The molecule has 0 aliphatic rings. The molecular weight excluding hydrogens is 638 g/mol. The summed E-state index contributed by atoms with van der Waals surface area (Å²) < 4.78 is 4.67. The van der Waals surface area contributed by atoms with E-state index >= 15 is 0 Å². The Morgan fingerprint density at radius 1 is 1.00 bits per heavy atom. The van der Waals surface area contributed by atoms with Crippen molar-refractivity contribution >= 4 is 11.8 Å². The molecule has 0 aromatic carbocycles. The smallest absolute Gasteiger partial charge is 0.320 e. The number of ether oxygens (including phenoxy) is 1. The summed E-state index contributed by atoms with van der Waals surface area (Å²) in [6.07, 6.45) is 1.32. The Hall–Kier alpha value is 0.397. The molecular formula is C15H33N3O3W2-2. The van der Waals surface area contributed by atoms with Gasteiger partial charge in [0, 0.05) is 42.1 Å². The van der Waals surface area contributed by atoms with Crippen molar-refractivity contribution in [2.45, 2.75) is 19.8 Å². The Balaban J connectivity index is -0.0000000746. The van der Waals surface area contributed by atoms with Crippen LogP contribution in [0.5, 0.6) is 0 Å². The number of likely N-dealkylation sites (N-methyl/N-ethyl adjacent to an activating group) is 2. The zero-order valence-corrected chi connectivity index (χ0v) is 21.0. The summed E-state index contributed by atoms with van der Waals surface area (Å²) >= 11 is 0. The first kappa shape index (κ1) is 34.7. The molecule has 0 spiro atoms. The summed E-state index contributed by atoms with van der Waals surface area (Å²) in [4.78, 5) is 25.0. The third kappa shape index (κ3) is 45.0. The number of ketones is 1. The first-order valence-electron chi connectivity index (χ1n) is 7.00. The predicted octanol–water partition coefficient (Wildman–Crippen LogP) is 0.617. The molecule has 0 saturated heterocycles. The van der Waals surface area contributed by atoms with Gasteiger partial charge < -0.3 is 29.2 Å². The van der Waals surface area contributed by atoms with E-state index < -0.39 is 0 Å². The van der Waals surface area contributed by atoms with E-state index in [0.29, 0.717) is 39.1 Å². The van der Waals surface area contributed by atoms with Crippen LogP contribution in [0.4, 0.5) is 0 Å². The number of esters is 1. The van der Waals surface area contributed by atoms with E-state index in [0.717, 1.165) is 0 Å². The zero-order valence-electron chi connectivity index (χ0n) is 15.2. The van der Waals surface area contributed by atoms with Gasteiger partial charge in [-0.1, -0.05) is 0 Å². The van der Waals surface area contributed by atoms with E-state index in [1.165, 1.54) is 0 Å². The van der Waals surface area contributed by atoms with Gasteiger partial charge in [0.1, 0.15) is 5.78 Å². The summed E-state index contributed by atoms with van der Waals surface area (Å²) in [5.74, 6) is 0.109. The average molecular weight is 671 g/mol. The fourth-order valence-electron chi connectivity index (χ4n) is 1.09. The van der Waals surface area contributed by atoms with Gasteiger partial charge in [0.15, 0.2) is 0 Å². The van der Waals surface area contributed by atoms with Crippen molar-refractivity contribution in [1.29, 1.82) is 0 Å². The maximum absolute atomic E-state index is 10.8. The van der Waals surface area contributed by atoms with Crippen LogP contribution in [-0.4, -0.2) is 76.0 Å². The molecule has 0 aliphatic heterocycles. The van der Waals surface area contributed by atoms with E-state index in [-0.39, 0.29) is 53.9 Å². The van der Waals surface area contributed by atoms with E-state index in [4.69, 9.17) is 5.73 Å². The molecule has 0 aliphatic carbocycles. The topological polar surface area (TPSA) is 75.9 Å². The summed E-state index contributed by atoms with van der Waals surface area (Å²) in [6, 6.07) is 0. The summed E-state index contributed by atoms with van der Waals surface area (Å²) in [5, 5.41) is 0. The number of Topliss-reactive ketones (excluding diaryl/α,β-unsaturated/α-hetero) is 1. The minimum Gasteiger partial charge on any atom is -0.465 e. The Labute approximate surface area is 171 Å². The Bertz CT molecular complexity index is 230. The SMILES string of the molecule is CCOC(=O)CN(C)C.[CH2-]CCC(=O)CN(C)C.[CH2-]CN.[W].[W]. The number of rotatable bonds is 7. The minimum absolute atomic E-state index is 0. The Morgan fingerprint density at radius 3 is 1.65 bits per heavy atom. The maximum atomic E-state index is 10.8. The molecule has 140 valence electrons.